The lowest BCUT2D eigenvalue weighted by molar-refractivity contribution is 0.318. The van der Waals surface area contributed by atoms with E-state index < -0.39 is 0 Å². The molecule has 0 radical (unpaired) electrons. The summed E-state index contributed by atoms with van der Waals surface area (Å²) >= 11 is 0. The average molecular weight is 271 g/mol. The highest BCUT2D eigenvalue weighted by Gasteiger charge is 2.06. The fraction of sp³-hybridized carbons (Fsp3) is 0.312. The summed E-state index contributed by atoms with van der Waals surface area (Å²) in [4.78, 5) is 2.16. The molecule has 104 valence electrons. The summed E-state index contributed by atoms with van der Waals surface area (Å²) in [5.41, 5.74) is 3.22. The van der Waals surface area contributed by atoms with Gasteiger partial charge in [-0.3, -0.25) is 9.58 Å². The minimum absolute atomic E-state index is 0.190. The first-order valence-corrected chi connectivity index (χ1v) is 6.47. The number of hydrogen-bond acceptors (Lipinski definition) is 2. The van der Waals surface area contributed by atoms with Crippen molar-refractivity contribution in [3.05, 3.63) is 53.1 Å². The fourth-order valence-electron chi connectivity index (χ4n) is 2.16. The second kappa shape index (κ2) is 6.36. The topological polar surface area (TPSA) is 21.1 Å². The molecule has 0 aliphatic carbocycles. The molecule has 0 unspecified atom stereocenters. The molecule has 20 heavy (non-hydrogen) atoms. The Morgan fingerprint density at radius 2 is 2.20 bits per heavy atom. The Kier molecular flexibility index (Phi) is 4.54. The van der Waals surface area contributed by atoms with E-state index in [2.05, 4.69) is 15.9 Å². The molecule has 1 heterocycles. The minimum atomic E-state index is -0.190. The monoisotopic (exact) mass is 271 g/mol. The number of nitrogens with zero attached hydrogens (tertiary/aromatic N) is 3. The molecule has 0 N–H and O–H groups in total. The van der Waals surface area contributed by atoms with Crippen LogP contribution in [0.1, 0.15) is 16.7 Å². The fourth-order valence-corrected chi connectivity index (χ4v) is 2.16. The largest absolute Gasteiger partial charge is 0.298 e. The Bertz CT molecular complexity index is 625. The second-order valence-corrected chi connectivity index (χ2v) is 4.99. The lowest BCUT2D eigenvalue weighted by Crippen LogP contribution is -2.17. The number of hydrogen-bond donors (Lipinski definition) is 0. The van der Waals surface area contributed by atoms with Gasteiger partial charge in [-0.2, -0.15) is 5.10 Å². The van der Waals surface area contributed by atoms with Crippen LogP contribution in [-0.4, -0.2) is 21.7 Å². The van der Waals surface area contributed by atoms with Gasteiger partial charge in [0.05, 0.1) is 6.20 Å². The molecule has 0 spiro atoms. The SMILES string of the molecule is C#CCn1cc(CN(C)Cc2ccc(F)cc2C)cn1. The van der Waals surface area contributed by atoms with Gasteiger partial charge in [-0.05, 0) is 37.2 Å². The van der Waals surface area contributed by atoms with E-state index in [1.165, 1.54) is 6.07 Å². The maximum absolute atomic E-state index is 13.1. The molecule has 0 saturated heterocycles. The summed E-state index contributed by atoms with van der Waals surface area (Å²) < 4.78 is 14.8. The Hall–Kier alpha value is -2.12. The third kappa shape index (κ3) is 3.69. The van der Waals surface area contributed by atoms with Crippen molar-refractivity contribution in [3.8, 4) is 12.3 Å². The van der Waals surface area contributed by atoms with E-state index in [1.54, 1.807) is 10.7 Å². The highest BCUT2D eigenvalue weighted by atomic mass is 19.1. The number of aromatic nitrogens is 2. The summed E-state index contributed by atoms with van der Waals surface area (Å²) in [6, 6.07) is 4.90. The standard InChI is InChI=1S/C16H18FN3/c1-4-7-20-11-14(9-18-20)10-19(3)12-15-5-6-16(17)8-13(15)2/h1,5-6,8-9,11H,7,10,12H2,2-3H3. The van der Waals surface area contributed by atoms with E-state index in [4.69, 9.17) is 6.42 Å². The van der Waals surface area contributed by atoms with Crippen LogP contribution in [0.5, 0.6) is 0 Å². The lowest BCUT2D eigenvalue weighted by Gasteiger charge is -2.17. The molecule has 0 saturated carbocycles. The van der Waals surface area contributed by atoms with Crippen LogP contribution in [0.4, 0.5) is 4.39 Å². The molecule has 2 aromatic rings. The van der Waals surface area contributed by atoms with Crippen LogP contribution in [0.2, 0.25) is 0 Å². The Balaban J connectivity index is 1.97. The molecule has 4 heteroatoms. The zero-order valence-corrected chi connectivity index (χ0v) is 11.8. The Morgan fingerprint density at radius 1 is 1.40 bits per heavy atom. The smallest absolute Gasteiger partial charge is 0.123 e. The molecular weight excluding hydrogens is 253 g/mol. The van der Waals surface area contributed by atoms with Gasteiger partial charge in [0, 0.05) is 24.8 Å². The quantitative estimate of drug-likeness (QED) is 0.779. The lowest BCUT2D eigenvalue weighted by atomic mass is 10.1. The van der Waals surface area contributed by atoms with Gasteiger partial charge in [-0.1, -0.05) is 12.0 Å². The van der Waals surface area contributed by atoms with Gasteiger partial charge in [-0.15, -0.1) is 6.42 Å². The van der Waals surface area contributed by atoms with Gasteiger partial charge in [-0.25, -0.2) is 4.39 Å². The van der Waals surface area contributed by atoms with Crippen LogP contribution < -0.4 is 0 Å². The van der Waals surface area contributed by atoms with Gasteiger partial charge in [0.2, 0.25) is 0 Å². The van der Waals surface area contributed by atoms with E-state index in [9.17, 15) is 4.39 Å². The number of aryl methyl sites for hydroxylation is 1. The first-order valence-electron chi connectivity index (χ1n) is 6.47. The van der Waals surface area contributed by atoms with E-state index >= 15 is 0 Å². The molecular formula is C16H18FN3. The first-order chi connectivity index (χ1) is 9.58. The number of halogens is 1. The second-order valence-electron chi connectivity index (χ2n) is 4.99. The van der Waals surface area contributed by atoms with Crippen LogP contribution >= 0.6 is 0 Å². The van der Waals surface area contributed by atoms with Crippen LogP contribution in [0.15, 0.2) is 30.6 Å². The number of rotatable bonds is 5. The molecule has 3 nitrogen and oxygen atoms in total. The van der Waals surface area contributed by atoms with Crippen molar-refractivity contribution in [1.29, 1.82) is 0 Å². The summed E-state index contributed by atoms with van der Waals surface area (Å²) in [7, 11) is 2.03. The van der Waals surface area contributed by atoms with Crippen molar-refractivity contribution in [2.45, 2.75) is 26.6 Å². The molecule has 0 bridgehead atoms. The molecule has 0 fully saturated rings. The third-order valence-electron chi connectivity index (χ3n) is 3.14. The highest BCUT2D eigenvalue weighted by Crippen LogP contribution is 2.13. The third-order valence-corrected chi connectivity index (χ3v) is 3.14. The molecule has 0 atom stereocenters. The zero-order valence-electron chi connectivity index (χ0n) is 11.8. The van der Waals surface area contributed by atoms with Gasteiger partial charge in [0.25, 0.3) is 0 Å². The molecule has 0 aliphatic rings. The van der Waals surface area contributed by atoms with Crippen LogP contribution in [0, 0.1) is 25.1 Å². The summed E-state index contributed by atoms with van der Waals surface area (Å²) in [5, 5.41) is 4.19. The minimum Gasteiger partial charge on any atom is -0.298 e. The summed E-state index contributed by atoms with van der Waals surface area (Å²) in [6.45, 7) is 3.96. The van der Waals surface area contributed by atoms with E-state index in [0.717, 1.165) is 29.8 Å². The van der Waals surface area contributed by atoms with Crippen LogP contribution in [0.3, 0.4) is 0 Å². The van der Waals surface area contributed by atoms with Crippen molar-refractivity contribution in [2.75, 3.05) is 7.05 Å². The van der Waals surface area contributed by atoms with Crippen molar-refractivity contribution in [3.63, 3.8) is 0 Å². The van der Waals surface area contributed by atoms with E-state index in [-0.39, 0.29) is 5.82 Å². The molecule has 1 aromatic heterocycles. The Morgan fingerprint density at radius 3 is 2.90 bits per heavy atom. The molecule has 0 aliphatic heterocycles. The molecule has 2 rings (SSSR count). The summed E-state index contributed by atoms with van der Waals surface area (Å²) in [5.74, 6) is 2.36. The highest BCUT2D eigenvalue weighted by molar-refractivity contribution is 5.26. The van der Waals surface area contributed by atoms with E-state index in [0.29, 0.717) is 6.54 Å². The van der Waals surface area contributed by atoms with Gasteiger partial charge in [0.1, 0.15) is 12.4 Å². The average Bonchev–Trinajstić information content (AvgIpc) is 2.81. The maximum atomic E-state index is 13.1. The summed E-state index contributed by atoms with van der Waals surface area (Å²) in [6.07, 6.45) is 9.03. The van der Waals surface area contributed by atoms with Crippen molar-refractivity contribution in [1.82, 2.24) is 14.7 Å². The van der Waals surface area contributed by atoms with Crippen molar-refractivity contribution in [2.24, 2.45) is 0 Å². The predicted octanol–water partition coefficient (Wildman–Crippen LogP) is 2.60. The van der Waals surface area contributed by atoms with E-state index in [1.807, 2.05) is 32.4 Å². The maximum Gasteiger partial charge on any atom is 0.123 e. The van der Waals surface area contributed by atoms with Crippen LogP contribution in [-0.2, 0) is 19.6 Å². The molecule has 1 aromatic carbocycles. The Labute approximate surface area is 119 Å². The predicted molar refractivity (Wildman–Crippen MR) is 77.4 cm³/mol. The zero-order chi connectivity index (χ0) is 14.5. The van der Waals surface area contributed by atoms with Gasteiger partial charge in [0.15, 0.2) is 0 Å². The first kappa shape index (κ1) is 14.3. The molecule has 0 amide bonds. The van der Waals surface area contributed by atoms with Gasteiger partial charge >= 0.3 is 0 Å². The van der Waals surface area contributed by atoms with Crippen LogP contribution in [0.25, 0.3) is 0 Å². The number of benzene rings is 1. The van der Waals surface area contributed by atoms with Gasteiger partial charge < -0.3 is 0 Å². The van der Waals surface area contributed by atoms with Crippen molar-refractivity contribution < 1.29 is 4.39 Å². The number of terminal acetylenes is 1. The normalized spacial score (nSPS) is 10.8. The van der Waals surface area contributed by atoms with Crippen molar-refractivity contribution >= 4 is 0 Å².